The van der Waals surface area contributed by atoms with Crippen molar-refractivity contribution in [1.29, 1.82) is 0 Å². The molecule has 0 spiro atoms. The molecule has 1 N–H and O–H groups in total. The number of sulfone groups is 1. The molecule has 0 aliphatic carbocycles. The highest BCUT2D eigenvalue weighted by Crippen LogP contribution is 2.24. The fraction of sp³-hybridized carbons (Fsp3) is 0.250. The van der Waals surface area contributed by atoms with Gasteiger partial charge >= 0.3 is 0 Å². The van der Waals surface area contributed by atoms with Gasteiger partial charge in [-0.3, -0.25) is 9.59 Å². The zero-order valence-corrected chi connectivity index (χ0v) is 19.9. The Bertz CT molecular complexity index is 1250. The molecule has 0 aliphatic rings. The van der Waals surface area contributed by atoms with Crippen LogP contribution in [-0.2, 0) is 26.9 Å². The molecule has 0 bridgehead atoms. The van der Waals surface area contributed by atoms with Gasteiger partial charge in [-0.15, -0.1) is 16.8 Å². The Morgan fingerprint density at radius 3 is 2.59 bits per heavy atom. The Balaban J connectivity index is 1.70. The van der Waals surface area contributed by atoms with Gasteiger partial charge in [-0.1, -0.05) is 47.4 Å². The van der Waals surface area contributed by atoms with Gasteiger partial charge in [-0.25, -0.2) is 13.4 Å². The maximum absolute atomic E-state index is 12.7. The smallest absolute Gasteiger partial charge is 0.236 e. The third-order valence-electron chi connectivity index (χ3n) is 4.22. The Morgan fingerprint density at radius 1 is 1.25 bits per heavy atom. The minimum Gasteiger partial charge on any atom is -0.301 e. The van der Waals surface area contributed by atoms with Crippen LogP contribution in [0.25, 0.3) is 0 Å². The number of amides is 1. The number of thiazole rings is 1. The van der Waals surface area contributed by atoms with Crippen molar-refractivity contribution in [3.63, 3.8) is 0 Å². The number of rotatable bonds is 10. The number of thioether (sulfide) groups is 1. The van der Waals surface area contributed by atoms with E-state index in [4.69, 9.17) is 0 Å². The van der Waals surface area contributed by atoms with Gasteiger partial charge in [0.15, 0.2) is 25.9 Å². The van der Waals surface area contributed by atoms with Crippen LogP contribution in [0.4, 0.5) is 5.13 Å². The molecule has 0 saturated carbocycles. The van der Waals surface area contributed by atoms with E-state index in [1.807, 2.05) is 0 Å². The van der Waals surface area contributed by atoms with Crippen LogP contribution >= 0.6 is 23.1 Å². The molecule has 0 saturated heterocycles. The number of hydrogen-bond acceptors (Lipinski definition) is 9. The van der Waals surface area contributed by atoms with Gasteiger partial charge in [0.25, 0.3) is 0 Å². The molecule has 0 fully saturated rings. The van der Waals surface area contributed by atoms with E-state index in [0.29, 0.717) is 27.4 Å². The number of aromatic nitrogens is 4. The van der Waals surface area contributed by atoms with Gasteiger partial charge in [0.1, 0.15) is 11.6 Å². The lowest BCUT2D eigenvalue weighted by Gasteiger charge is -2.08. The predicted octanol–water partition coefficient (Wildman–Crippen LogP) is 3.14. The van der Waals surface area contributed by atoms with Crippen molar-refractivity contribution in [2.75, 3.05) is 11.1 Å². The van der Waals surface area contributed by atoms with Crippen LogP contribution in [0.5, 0.6) is 0 Å². The van der Waals surface area contributed by atoms with Gasteiger partial charge in [-0.2, -0.15) is 0 Å². The van der Waals surface area contributed by atoms with E-state index in [0.717, 1.165) is 23.1 Å². The van der Waals surface area contributed by atoms with E-state index >= 15 is 0 Å². The summed E-state index contributed by atoms with van der Waals surface area (Å²) in [4.78, 5) is 28.8. The highest BCUT2D eigenvalue weighted by atomic mass is 32.2. The minimum atomic E-state index is -3.60. The summed E-state index contributed by atoms with van der Waals surface area (Å²) in [6, 6.07) is 8.12. The van der Waals surface area contributed by atoms with Gasteiger partial charge < -0.3 is 9.88 Å². The first-order chi connectivity index (χ1) is 15.2. The van der Waals surface area contributed by atoms with E-state index in [1.165, 1.54) is 19.1 Å². The van der Waals surface area contributed by atoms with Crippen LogP contribution in [0.2, 0.25) is 0 Å². The van der Waals surface area contributed by atoms with Crippen LogP contribution in [-0.4, -0.2) is 45.6 Å². The SMILES string of the molecule is C=CCn1c(CS(=O)(=O)c2ccccc2)nnc1SCC(=O)Nc1nc(C)c(C(C)=O)s1. The average Bonchev–Trinajstić information content (AvgIpc) is 3.30. The van der Waals surface area contributed by atoms with Gasteiger partial charge in [0, 0.05) is 13.5 Å². The number of benzene rings is 1. The number of carbonyl (C=O) groups excluding carboxylic acids is 2. The number of aryl methyl sites for hydroxylation is 1. The summed E-state index contributed by atoms with van der Waals surface area (Å²) in [6.45, 7) is 7.15. The molecule has 9 nitrogen and oxygen atoms in total. The predicted molar refractivity (Wildman–Crippen MR) is 124 cm³/mol. The minimum absolute atomic E-state index is 0.00867. The highest BCUT2D eigenvalue weighted by Gasteiger charge is 2.22. The van der Waals surface area contributed by atoms with Crippen molar-refractivity contribution in [3.05, 3.63) is 59.4 Å². The van der Waals surface area contributed by atoms with Crippen molar-refractivity contribution in [3.8, 4) is 0 Å². The van der Waals surface area contributed by atoms with Gasteiger partial charge in [0.05, 0.1) is 21.2 Å². The zero-order chi connectivity index (χ0) is 23.3. The third-order valence-corrected chi connectivity index (χ3v) is 7.99. The summed E-state index contributed by atoms with van der Waals surface area (Å²) in [7, 11) is -3.60. The second kappa shape index (κ2) is 10.2. The summed E-state index contributed by atoms with van der Waals surface area (Å²) in [5.74, 6) is -0.486. The molecule has 3 rings (SSSR count). The Labute approximate surface area is 193 Å². The number of nitrogens with one attached hydrogen (secondary N) is 1. The number of ketones is 1. The number of anilines is 1. The fourth-order valence-electron chi connectivity index (χ4n) is 2.79. The summed E-state index contributed by atoms with van der Waals surface area (Å²) in [5, 5.41) is 11.5. The van der Waals surface area contributed by atoms with Crippen LogP contribution in [0.15, 0.2) is 53.0 Å². The van der Waals surface area contributed by atoms with E-state index in [2.05, 4.69) is 27.1 Å². The topological polar surface area (TPSA) is 124 Å². The molecule has 0 atom stereocenters. The summed E-state index contributed by atoms with van der Waals surface area (Å²) in [5.41, 5.74) is 0.570. The van der Waals surface area contributed by atoms with Crippen molar-refractivity contribution in [1.82, 2.24) is 19.7 Å². The van der Waals surface area contributed by atoms with Crippen molar-refractivity contribution in [2.45, 2.75) is 36.2 Å². The lowest BCUT2D eigenvalue weighted by molar-refractivity contribution is -0.113. The second-order valence-electron chi connectivity index (χ2n) is 6.70. The average molecular weight is 492 g/mol. The van der Waals surface area contributed by atoms with Crippen LogP contribution < -0.4 is 5.32 Å². The molecular formula is C20H21N5O4S3. The Hall–Kier alpha value is -2.83. The summed E-state index contributed by atoms with van der Waals surface area (Å²) >= 11 is 2.24. The van der Waals surface area contributed by atoms with Gasteiger partial charge in [0.2, 0.25) is 5.91 Å². The molecule has 12 heteroatoms. The molecule has 3 aromatic rings. The van der Waals surface area contributed by atoms with E-state index in [-0.39, 0.29) is 33.9 Å². The quantitative estimate of drug-likeness (QED) is 0.261. The largest absolute Gasteiger partial charge is 0.301 e. The normalized spacial score (nSPS) is 11.3. The summed E-state index contributed by atoms with van der Waals surface area (Å²) < 4.78 is 27.0. The monoisotopic (exact) mass is 491 g/mol. The van der Waals surface area contributed by atoms with E-state index in [9.17, 15) is 18.0 Å². The van der Waals surface area contributed by atoms with E-state index < -0.39 is 9.84 Å². The standard InChI is InChI=1S/C20H21N5O4S3/c1-4-10-25-16(12-32(28,29)15-8-6-5-7-9-15)23-24-20(25)30-11-17(27)22-19-21-13(2)18(31-19)14(3)26/h4-9H,1,10-12H2,2-3H3,(H,21,22,27). The molecule has 32 heavy (non-hydrogen) atoms. The lowest BCUT2D eigenvalue weighted by atomic mass is 10.3. The first-order valence-corrected chi connectivity index (χ1v) is 12.9. The number of Topliss-reactive ketones (excluding diaryl/α,β-unsaturated/α-hetero) is 1. The lowest BCUT2D eigenvalue weighted by Crippen LogP contribution is -2.15. The molecule has 0 aliphatic heterocycles. The molecule has 2 aromatic heterocycles. The maximum atomic E-state index is 12.7. The highest BCUT2D eigenvalue weighted by molar-refractivity contribution is 7.99. The number of carbonyl (C=O) groups is 2. The molecule has 1 aromatic carbocycles. The van der Waals surface area contributed by atoms with Crippen molar-refractivity contribution >= 4 is 49.8 Å². The molecule has 1 amide bonds. The van der Waals surface area contributed by atoms with Crippen LogP contribution in [0.1, 0.15) is 28.1 Å². The second-order valence-corrected chi connectivity index (χ2v) is 10.6. The number of hydrogen-bond donors (Lipinski definition) is 1. The first kappa shape index (κ1) is 23.8. The van der Waals surface area contributed by atoms with E-state index in [1.54, 1.807) is 35.8 Å². The van der Waals surface area contributed by atoms with Crippen LogP contribution in [0, 0.1) is 6.92 Å². The Kier molecular flexibility index (Phi) is 7.59. The van der Waals surface area contributed by atoms with Crippen molar-refractivity contribution in [2.24, 2.45) is 0 Å². The maximum Gasteiger partial charge on any atom is 0.236 e. The zero-order valence-electron chi connectivity index (χ0n) is 17.4. The first-order valence-electron chi connectivity index (χ1n) is 9.43. The third kappa shape index (κ3) is 5.69. The molecular weight excluding hydrogens is 470 g/mol. The molecule has 0 radical (unpaired) electrons. The van der Waals surface area contributed by atoms with Gasteiger partial charge in [-0.05, 0) is 19.1 Å². The molecule has 168 valence electrons. The van der Waals surface area contributed by atoms with Crippen molar-refractivity contribution < 1.29 is 18.0 Å². The fourth-order valence-corrected chi connectivity index (χ4v) is 5.72. The number of allylic oxidation sites excluding steroid dienone is 1. The molecule has 2 heterocycles. The number of nitrogens with zero attached hydrogens (tertiary/aromatic N) is 4. The Morgan fingerprint density at radius 2 is 1.97 bits per heavy atom. The summed E-state index contributed by atoms with van der Waals surface area (Å²) in [6.07, 6.45) is 1.60. The van der Waals surface area contributed by atoms with Crippen LogP contribution in [0.3, 0.4) is 0 Å². The molecule has 0 unspecified atom stereocenters.